The molecule has 2 aromatic rings. The van der Waals surface area contributed by atoms with E-state index < -0.39 is 0 Å². The van der Waals surface area contributed by atoms with Gasteiger partial charge in [-0.25, -0.2) is 0 Å². The summed E-state index contributed by atoms with van der Waals surface area (Å²) in [4.78, 5) is 2.15. The maximum absolute atomic E-state index is 3.57. The molecule has 0 aliphatic carbocycles. The highest BCUT2D eigenvalue weighted by Gasteiger charge is 2.03. The lowest BCUT2D eigenvalue weighted by Crippen LogP contribution is -2.17. The molecular weight excluding hydrogens is 424 g/mol. The zero-order chi connectivity index (χ0) is 27.8. The van der Waals surface area contributed by atoms with Crippen LogP contribution in [0.25, 0.3) is 0 Å². The highest BCUT2D eigenvalue weighted by molar-refractivity contribution is 5.55. The lowest BCUT2D eigenvalue weighted by Gasteiger charge is -2.17. The van der Waals surface area contributed by atoms with E-state index in [-0.39, 0.29) is 0 Å². The Bertz CT molecular complexity index is 719. The second kappa shape index (κ2) is 25.3. The summed E-state index contributed by atoms with van der Waals surface area (Å²) in [5.74, 6) is 0.855. The smallest absolute Gasteiger partial charge is 0.0393 e. The Morgan fingerprint density at radius 1 is 0.743 bits per heavy atom. The summed E-state index contributed by atoms with van der Waals surface area (Å²) in [7, 11) is 4.16. The molecule has 0 aliphatic rings. The number of hydrogen-bond acceptors (Lipinski definition) is 2. The highest BCUT2D eigenvalue weighted by atomic mass is 15.1. The number of nitrogens with zero attached hydrogens (tertiary/aromatic N) is 1. The summed E-state index contributed by atoms with van der Waals surface area (Å²) in [5, 5.41) is 3.57. The third-order valence-corrected chi connectivity index (χ3v) is 5.70. The molecule has 1 unspecified atom stereocenters. The minimum absolute atomic E-state index is 0.855. The van der Waals surface area contributed by atoms with E-state index in [9.17, 15) is 0 Å². The van der Waals surface area contributed by atoms with Crippen molar-refractivity contribution in [1.29, 1.82) is 0 Å². The second-order valence-corrected chi connectivity index (χ2v) is 8.60. The van der Waals surface area contributed by atoms with Gasteiger partial charge in [-0.15, -0.1) is 0 Å². The van der Waals surface area contributed by atoms with Crippen molar-refractivity contribution >= 4 is 5.69 Å². The first kappa shape index (κ1) is 37.7. The third kappa shape index (κ3) is 17.3. The molecule has 0 amide bonds. The molecule has 2 heteroatoms. The van der Waals surface area contributed by atoms with Crippen molar-refractivity contribution < 1.29 is 0 Å². The molecule has 0 fully saturated rings. The first-order valence-corrected chi connectivity index (χ1v) is 14.3. The maximum Gasteiger partial charge on any atom is 0.0393 e. The Kier molecular flexibility index (Phi) is 27.3. The van der Waals surface area contributed by atoms with Crippen LogP contribution in [0.2, 0.25) is 0 Å². The monoisotopic (exact) mass is 486 g/mol. The lowest BCUT2D eigenvalue weighted by atomic mass is 10.0. The molecule has 0 bridgehead atoms. The van der Waals surface area contributed by atoms with Crippen LogP contribution in [0.3, 0.4) is 0 Å². The first-order chi connectivity index (χ1) is 16.8. The van der Waals surface area contributed by atoms with Crippen molar-refractivity contribution in [3.8, 4) is 0 Å². The Hall–Kier alpha value is -1.80. The average molecular weight is 487 g/mol. The van der Waals surface area contributed by atoms with Crippen molar-refractivity contribution in [2.24, 2.45) is 5.92 Å². The fraction of sp³-hybridized carbons (Fsp3) is 0.636. The van der Waals surface area contributed by atoms with Gasteiger partial charge in [0.25, 0.3) is 0 Å². The summed E-state index contributed by atoms with van der Waals surface area (Å²) < 4.78 is 0. The fourth-order valence-corrected chi connectivity index (χ4v) is 3.71. The van der Waals surface area contributed by atoms with Crippen LogP contribution in [-0.4, -0.2) is 20.6 Å². The van der Waals surface area contributed by atoms with Crippen LogP contribution in [0.15, 0.2) is 36.4 Å². The highest BCUT2D eigenvalue weighted by Crippen LogP contribution is 2.21. The Labute approximate surface area is 221 Å². The molecule has 0 heterocycles. The third-order valence-electron chi connectivity index (χ3n) is 5.70. The molecule has 1 N–H and O–H groups in total. The minimum atomic E-state index is 0.855. The SMILES string of the molecule is CC.CC.CC.CCCC(C)CCNCc1ccccc1CC.Cc1cc(C)c(N(C)C)cc1C. The average Bonchev–Trinajstić information content (AvgIpc) is 2.88. The van der Waals surface area contributed by atoms with Crippen LogP contribution in [0.5, 0.6) is 0 Å². The van der Waals surface area contributed by atoms with Crippen LogP contribution >= 0.6 is 0 Å². The van der Waals surface area contributed by atoms with E-state index in [0.29, 0.717) is 0 Å². The summed E-state index contributed by atoms with van der Waals surface area (Å²) in [6, 6.07) is 13.2. The summed E-state index contributed by atoms with van der Waals surface area (Å²) in [5.41, 5.74) is 8.34. The molecule has 2 aromatic carbocycles. The molecule has 204 valence electrons. The topological polar surface area (TPSA) is 15.3 Å². The van der Waals surface area contributed by atoms with E-state index in [4.69, 9.17) is 0 Å². The summed E-state index contributed by atoms with van der Waals surface area (Å²) in [6.45, 7) is 27.5. The van der Waals surface area contributed by atoms with Crippen molar-refractivity contribution in [3.05, 3.63) is 64.2 Å². The lowest BCUT2D eigenvalue weighted by molar-refractivity contribution is 0.464. The molecule has 0 spiro atoms. The van der Waals surface area contributed by atoms with Gasteiger partial charge in [-0.3, -0.25) is 0 Å². The molecule has 2 rings (SSSR count). The number of anilines is 1. The Balaban J connectivity index is -0.000000498. The van der Waals surface area contributed by atoms with E-state index in [1.54, 1.807) is 0 Å². The van der Waals surface area contributed by atoms with Crippen LogP contribution in [-0.2, 0) is 13.0 Å². The summed E-state index contributed by atoms with van der Waals surface area (Å²) >= 11 is 0. The molecule has 0 saturated carbocycles. The molecule has 1 atom stereocenters. The largest absolute Gasteiger partial charge is 0.377 e. The van der Waals surface area contributed by atoms with Gasteiger partial charge >= 0.3 is 0 Å². The molecule has 0 aromatic heterocycles. The number of benzene rings is 2. The molecule has 2 nitrogen and oxygen atoms in total. The Morgan fingerprint density at radius 3 is 1.74 bits per heavy atom. The van der Waals surface area contributed by atoms with Gasteiger partial charge in [-0.2, -0.15) is 0 Å². The van der Waals surface area contributed by atoms with Crippen LogP contribution in [0.4, 0.5) is 5.69 Å². The first-order valence-electron chi connectivity index (χ1n) is 14.3. The maximum atomic E-state index is 3.57. The second-order valence-electron chi connectivity index (χ2n) is 8.60. The van der Waals surface area contributed by atoms with Crippen molar-refractivity contribution in [3.63, 3.8) is 0 Å². The van der Waals surface area contributed by atoms with Gasteiger partial charge in [0.15, 0.2) is 0 Å². The molecule has 0 saturated heterocycles. The van der Waals surface area contributed by atoms with Gasteiger partial charge < -0.3 is 10.2 Å². The van der Waals surface area contributed by atoms with Gasteiger partial charge in [-0.1, -0.05) is 105 Å². The fourth-order valence-electron chi connectivity index (χ4n) is 3.71. The van der Waals surface area contributed by atoms with Crippen LogP contribution < -0.4 is 10.2 Å². The number of aryl methyl sites for hydroxylation is 4. The van der Waals surface area contributed by atoms with Gasteiger partial charge in [0.1, 0.15) is 0 Å². The van der Waals surface area contributed by atoms with E-state index in [0.717, 1.165) is 25.4 Å². The van der Waals surface area contributed by atoms with E-state index >= 15 is 0 Å². The standard InChI is InChI=1S/C16H27N.C11H17N.3C2H6/c1-4-8-14(3)11-12-17-13-16-10-7-6-9-15(16)5-2;1-8-6-10(3)11(12(4)5)7-9(8)2;3*1-2/h6-7,9-10,14,17H,4-5,8,11-13H2,1-3H3;6-7H,1-5H3;3*1-2H3. The van der Waals surface area contributed by atoms with Gasteiger partial charge in [0.2, 0.25) is 0 Å². The Morgan fingerprint density at radius 2 is 1.26 bits per heavy atom. The molecule has 35 heavy (non-hydrogen) atoms. The van der Waals surface area contributed by atoms with Crippen molar-refractivity contribution in [2.75, 3.05) is 25.5 Å². The van der Waals surface area contributed by atoms with Crippen molar-refractivity contribution in [1.82, 2.24) is 5.32 Å². The van der Waals surface area contributed by atoms with Gasteiger partial charge in [-0.05, 0) is 80.0 Å². The quantitative estimate of drug-likeness (QED) is 0.355. The number of hydrogen-bond donors (Lipinski definition) is 1. The zero-order valence-corrected chi connectivity index (χ0v) is 26.2. The van der Waals surface area contributed by atoms with Gasteiger partial charge in [0.05, 0.1) is 0 Å². The van der Waals surface area contributed by atoms with Gasteiger partial charge in [0, 0.05) is 26.3 Å². The predicted molar refractivity (Wildman–Crippen MR) is 165 cm³/mol. The van der Waals surface area contributed by atoms with E-state index in [2.05, 4.69) is 102 Å². The molecule has 0 radical (unpaired) electrons. The van der Waals surface area contributed by atoms with Crippen LogP contribution in [0, 0.1) is 26.7 Å². The number of nitrogens with one attached hydrogen (secondary N) is 1. The molecule has 0 aliphatic heterocycles. The minimum Gasteiger partial charge on any atom is -0.377 e. The zero-order valence-electron chi connectivity index (χ0n) is 26.2. The molecular formula is C33H62N2. The summed E-state index contributed by atoms with van der Waals surface area (Å²) in [6.07, 6.45) is 5.08. The number of rotatable bonds is 9. The van der Waals surface area contributed by atoms with E-state index in [1.807, 2.05) is 41.5 Å². The normalized spacial score (nSPS) is 10.1. The van der Waals surface area contributed by atoms with Crippen LogP contribution in [0.1, 0.15) is 109 Å². The van der Waals surface area contributed by atoms with Crippen molar-refractivity contribution in [2.45, 2.75) is 115 Å². The van der Waals surface area contributed by atoms with E-state index in [1.165, 1.54) is 52.8 Å². The predicted octanol–water partition coefficient (Wildman–Crippen LogP) is 9.92.